The molecule has 2 atom stereocenters. The molecule has 2 aromatic carbocycles. The van der Waals surface area contributed by atoms with Crippen molar-refractivity contribution in [2.24, 2.45) is 0 Å². The Labute approximate surface area is 177 Å². The maximum atomic E-state index is 11.9. The number of piperidine rings is 1. The summed E-state index contributed by atoms with van der Waals surface area (Å²) < 4.78 is 13.2. The molecule has 0 spiro atoms. The third kappa shape index (κ3) is 3.96. The van der Waals surface area contributed by atoms with Crippen molar-refractivity contribution >= 4 is 6.29 Å². The predicted molar refractivity (Wildman–Crippen MR) is 115 cm³/mol. The number of hydrogen-bond acceptors (Lipinski definition) is 5. The molecule has 0 amide bonds. The van der Waals surface area contributed by atoms with Gasteiger partial charge in [-0.05, 0) is 55.2 Å². The molecule has 156 valence electrons. The minimum Gasteiger partial charge on any atom is -0.496 e. The molecule has 0 aliphatic carbocycles. The lowest BCUT2D eigenvalue weighted by Crippen LogP contribution is -2.42. The number of hydrogen-bond donors (Lipinski definition) is 0. The van der Waals surface area contributed by atoms with Crippen LogP contribution < -0.4 is 9.47 Å². The van der Waals surface area contributed by atoms with Gasteiger partial charge in [-0.25, -0.2) is 4.68 Å². The van der Waals surface area contributed by atoms with Crippen molar-refractivity contribution in [1.82, 2.24) is 14.7 Å². The number of benzene rings is 2. The van der Waals surface area contributed by atoms with Crippen LogP contribution in [0.4, 0.5) is 0 Å². The second kappa shape index (κ2) is 9.13. The molecule has 2 heterocycles. The third-order valence-corrected chi connectivity index (χ3v) is 5.83. The van der Waals surface area contributed by atoms with Gasteiger partial charge in [0.15, 0.2) is 0 Å². The van der Waals surface area contributed by atoms with Crippen LogP contribution in [0, 0.1) is 0 Å². The number of rotatable bonds is 7. The number of methoxy groups -OCH3 is 2. The molecular formula is C24H27N3O3. The van der Waals surface area contributed by atoms with Gasteiger partial charge in [0, 0.05) is 25.0 Å². The van der Waals surface area contributed by atoms with E-state index in [9.17, 15) is 4.79 Å². The van der Waals surface area contributed by atoms with Crippen LogP contribution in [-0.2, 0) is 11.3 Å². The number of aldehydes is 1. The van der Waals surface area contributed by atoms with Crippen LogP contribution >= 0.6 is 0 Å². The van der Waals surface area contributed by atoms with Crippen LogP contribution in [0.5, 0.6) is 11.5 Å². The molecule has 1 saturated heterocycles. The molecule has 0 N–H and O–H groups in total. The highest BCUT2D eigenvalue weighted by Crippen LogP contribution is 2.43. The van der Waals surface area contributed by atoms with Crippen LogP contribution in [0.15, 0.2) is 60.9 Å². The Hall–Kier alpha value is -3.12. The van der Waals surface area contributed by atoms with Crippen LogP contribution in [-0.4, -0.2) is 41.2 Å². The summed E-state index contributed by atoms with van der Waals surface area (Å²) >= 11 is 0. The third-order valence-electron chi connectivity index (χ3n) is 5.83. The smallest absolute Gasteiger partial charge is 0.137 e. The summed E-state index contributed by atoms with van der Waals surface area (Å²) in [6.07, 6.45) is 7.57. The quantitative estimate of drug-likeness (QED) is 0.552. The highest BCUT2D eigenvalue weighted by Gasteiger charge is 2.34. The molecule has 1 aliphatic rings. The van der Waals surface area contributed by atoms with E-state index in [1.165, 1.54) is 0 Å². The van der Waals surface area contributed by atoms with Gasteiger partial charge < -0.3 is 14.3 Å². The molecule has 4 rings (SSSR count). The van der Waals surface area contributed by atoms with E-state index in [1.807, 2.05) is 35.1 Å². The second-order valence-corrected chi connectivity index (χ2v) is 7.52. The molecule has 0 radical (unpaired) electrons. The van der Waals surface area contributed by atoms with E-state index in [2.05, 4.69) is 34.3 Å². The SMILES string of the molecule is COc1cccc(OC)c1C1CCCC(C=O)N1Cc1ccc(-n2cccn2)cc1. The Morgan fingerprint density at radius 1 is 1.03 bits per heavy atom. The van der Waals surface area contributed by atoms with Crippen molar-refractivity contribution in [2.45, 2.75) is 37.9 Å². The lowest BCUT2D eigenvalue weighted by Gasteiger charge is -2.41. The van der Waals surface area contributed by atoms with Gasteiger partial charge in [0.05, 0.1) is 31.5 Å². The van der Waals surface area contributed by atoms with Crippen molar-refractivity contribution in [3.8, 4) is 17.2 Å². The average Bonchev–Trinajstić information content (AvgIpc) is 3.34. The lowest BCUT2D eigenvalue weighted by molar-refractivity contribution is -0.115. The molecule has 30 heavy (non-hydrogen) atoms. The fraction of sp³-hybridized carbons (Fsp3) is 0.333. The Morgan fingerprint density at radius 3 is 2.37 bits per heavy atom. The van der Waals surface area contributed by atoms with Gasteiger partial charge in [-0.1, -0.05) is 18.2 Å². The number of likely N-dealkylation sites (tertiary alicyclic amines) is 1. The number of nitrogens with zero attached hydrogens (tertiary/aromatic N) is 3. The van der Waals surface area contributed by atoms with Gasteiger partial charge >= 0.3 is 0 Å². The zero-order valence-electron chi connectivity index (χ0n) is 17.4. The Balaban J connectivity index is 1.66. The Kier molecular flexibility index (Phi) is 6.14. The number of ether oxygens (including phenoxy) is 2. The van der Waals surface area contributed by atoms with Crippen LogP contribution in [0.1, 0.15) is 36.4 Å². The topological polar surface area (TPSA) is 56.6 Å². The molecule has 3 aromatic rings. The number of aromatic nitrogens is 2. The molecule has 2 unspecified atom stereocenters. The van der Waals surface area contributed by atoms with Gasteiger partial charge in [-0.3, -0.25) is 4.90 Å². The second-order valence-electron chi connectivity index (χ2n) is 7.52. The van der Waals surface area contributed by atoms with E-state index in [0.717, 1.165) is 53.9 Å². The van der Waals surface area contributed by atoms with Crippen molar-refractivity contribution in [3.05, 3.63) is 72.1 Å². The minimum atomic E-state index is -0.135. The molecule has 0 bridgehead atoms. The van der Waals surface area contributed by atoms with Gasteiger partial charge in [0.25, 0.3) is 0 Å². The Morgan fingerprint density at radius 2 is 1.77 bits per heavy atom. The lowest BCUT2D eigenvalue weighted by atomic mass is 9.89. The number of carbonyl (C=O) groups is 1. The van der Waals surface area contributed by atoms with E-state index in [-0.39, 0.29) is 12.1 Å². The maximum Gasteiger partial charge on any atom is 0.137 e. The van der Waals surface area contributed by atoms with Gasteiger partial charge in [-0.2, -0.15) is 5.10 Å². The first-order valence-electron chi connectivity index (χ1n) is 10.3. The molecule has 0 saturated carbocycles. The summed E-state index contributed by atoms with van der Waals surface area (Å²) in [7, 11) is 3.35. The molecular weight excluding hydrogens is 378 g/mol. The Bertz CT molecular complexity index is 948. The van der Waals surface area contributed by atoms with Gasteiger partial charge in [-0.15, -0.1) is 0 Å². The highest BCUT2D eigenvalue weighted by molar-refractivity contribution is 5.59. The van der Waals surface area contributed by atoms with Crippen molar-refractivity contribution in [3.63, 3.8) is 0 Å². The molecule has 1 aromatic heterocycles. The monoisotopic (exact) mass is 405 g/mol. The maximum absolute atomic E-state index is 11.9. The fourth-order valence-corrected chi connectivity index (χ4v) is 4.36. The van der Waals surface area contributed by atoms with Gasteiger partial charge in [0.2, 0.25) is 0 Å². The number of carbonyl (C=O) groups excluding carboxylic acids is 1. The van der Waals surface area contributed by atoms with Gasteiger partial charge in [0.1, 0.15) is 17.8 Å². The zero-order valence-corrected chi connectivity index (χ0v) is 17.4. The predicted octanol–water partition coefficient (Wildman–Crippen LogP) is 4.18. The van der Waals surface area contributed by atoms with Crippen LogP contribution in [0.25, 0.3) is 5.69 Å². The van der Waals surface area contributed by atoms with E-state index in [4.69, 9.17) is 9.47 Å². The first-order chi connectivity index (χ1) is 14.7. The van der Waals surface area contributed by atoms with E-state index < -0.39 is 0 Å². The van der Waals surface area contributed by atoms with Crippen molar-refractivity contribution < 1.29 is 14.3 Å². The summed E-state index contributed by atoms with van der Waals surface area (Å²) in [5.41, 5.74) is 3.18. The van der Waals surface area contributed by atoms with E-state index >= 15 is 0 Å². The summed E-state index contributed by atoms with van der Waals surface area (Å²) in [5.74, 6) is 1.59. The van der Waals surface area contributed by atoms with Crippen LogP contribution in [0.3, 0.4) is 0 Å². The summed E-state index contributed by atoms with van der Waals surface area (Å²) in [4.78, 5) is 14.2. The molecule has 1 fully saturated rings. The molecule has 6 heteroatoms. The first-order valence-corrected chi connectivity index (χ1v) is 10.3. The highest BCUT2D eigenvalue weighted by atomic mass is 16.5. The fourth-order valence-electron chi connectivity index (χ4n) is 4.36. The summed E-state index contributed by atoms with van der Waals surface area (Å²) in [6, 6.07) is 16.0. The summed E-state index contributed by atoms with van der Waals surface area (Å²) in [5, 5.41) is 4.28. The zero-order chi connectivity index (χ0) is 20.9. The standard InChI is InChI=1S/C24H27N3O3/c1-29-22-8-4-9-23(30-2)24(22)21-7-3-6-20(17-28)26(21)16-18-10-12-19(13-11-18)27-15-5-14-25-27/h4-5,8-15,17,20-21H,3,6-7,16H2,1-2H3. The average molecular weight is 405 g/mol. The normalized spacial score (nSPS) is 19.4. The van der Waals surface area contributed by atoms with E-state index in [1.54, 1.807) is 20.4 Å². The summed E-state index contributed by atoms with van der Waals surface area (Å²) in [6.45, 7) is 0.675. The van der Waals surface area contributed by atoms with E-state index in [0.29, 0.717) is 6.54 Å². The minimum absolute atomic E-state index is 0.0471. The van der Waals surface area contributed by atoms with Crippen molar-refractivity contribution in [1.29, 1.82) is 0 Å². The van der Waals surface area contributed by atoms with Crippen molar-refractivity contribution in [2.75, 3.05) is 14.2 Å². The van der Waals surface area contributed by atoms with Crippen LogP contribution in [0.2, 0.25) is 0 Å². The first kappa shape index (κ1) is 20.2. The molecule has 1 aliphatic heterocycles. The largest absolute Gasteiger partial charge is 0.496 e. The molecule has 6 nitrogen and oxygen atoms in total.